The summed E-state index contributed by atoms with van der Waals surface area (Å²) in [7, 11) is 0. The number of hydrogen-bond acceptors (Lipinski definition) is 11. The SMILES string of the molecule is CSCC[C@H](NC(=O)[C@H](Cc1ccccc1)NC(=O)OC(C)(C)C)C(=O)OC[C@H]1O[C@H](O)[C@H](NC(C)=O)[C@@H](O)[C@@H]1O. The molecular formula is C27H41N3O10S. The first kappa shape index (κ1) is 34.3. The van der Waals surface area contributed by atoms with Gasteiger partial charge in [-0.15, -0.1) is 0 Å². The number of hydrogen-bond donors (Lipinski definition) is 6. The Hall–Kier alpha value is -2.91. The van der Waals surface area contributed by atoms with Crippen LogP contribution >= 0.6 is 11.8 Å². The van der Waals surface area contributed by atoms with Crippen LogP contribution in [0.1, 0.15) is 39.7 Å². The molecule has 14 heteroatoms. The molecule has 6 N–H and O–H groups in total. The number of carbonyl (C=O) groups excluding carboxylic acids is 4. The van der Waals surface area contributed by atoms with Crippen molar-refractivity contribution in [1.29, 1.82) is 0 Å². The molecular weight excluding hydrogens is 558 g/mol. The number of thioether (sulfide) groups is 1. The van der Waals surface area contributed by atoms with E-state index in [4.69, 9.17) is 14.2 Å². The Morgan fingerprint density at radius 1 is 1.02 bits per heavy atom. The van der Waals surface area contributed by atoms with E-state index in [1.807, 2.05) is 12.3 Å². The summed E-state index contributed by atoms with van der Waals surface area (Å²) in [4.78, 5) is 50.2. The largest absolute Gasteiger partial charge is 0.461 e. The Labute approximate surface area is 243 Å². The van der Waals surface area contributed by atoms with Crippen LogP contribution in [0, 0.1) is 0 Å². The molecule has 230 valence electrons. The van der Waals surface area contributed by atoms with Crippen LogP contribution in [0.2, 0.25) is 0 Å². The van der Waals surface area contributed by atoms with Gasteiger partial charge in [-0.2, -0.15) is 11.8 Å². The highest BCUT2D eigenvalue weighted by atomic mass is 32.2. The second kappa shape index (κ2) is 15.9. The number of aliphatic hydroxyl groups excluding tert-OH is 3. The number of esters is 1. The quantitative estimate of drug-likeness (QED) is 0.175. The van der Waals surface area contributed by atoms with Gasteiger partial charge in [-0.3, -0.25) is 9.59 Å². The van der Waals surface area contributed by atoms with Gasteiger partial charge in [0, 0.05) is 13.3 Å². The van der Waals surface area contributed by atoms with Crippen molar-refractivity contribution in [2.75, 3.05) is 18.6 Å². The van der Waals surface area contributed by atoms with Gasteiger partial charge in [-0.1, -0.05) is 30.3 Å². The zero-order valence-electron chi connectivity index (χ0n) is 23.9. The van der Waals surface area contributed by atoms with E-state index >= 15 is 0 Å². The van der Waals surface area contributed by atoms with Gasteiger partial charge in [-0.25, -0.2) is 9.59 Å². The van der Waals surface area contributed by atoms with Crippen molar-refractivity contribution in [1.82, 2.24) is 16.0 Å². The predicted octanol–water partition coefficient (Wildman–Crippen LogP) is -0.153. The van der Waals surface area contributed by atoms with Crippen molar-refractivity contribution in [3.63, 3.8) is 0 Å². The Bertz CT molecular complexity index is 1020. The molecule has 1 fully saturated rings. The maximum Gasteiger partial charge on any atom is 0.408 e. The lowest BCUT2D eigenvalue weighted by molar-refractivity contribution is -0.255. The van der Waals surface area contributed by atoms with E-state index in [0.717, 1.165) is 5.56 Å². The molecule has 0 aliphatic carbocycles. The third-order valence-corrected chi connectivity index (χ3v) is 6.63. The summed E-state index contributed by atoms with van der Waals surface area (Å²) in [5.41, 5.74) is -0.0255. The molecule has 7 atom stereocenters. The average Bonchev–Trinajstić information content (AvgIpc) is 2.89. The van der Waals surface area contributed by atoms with Crippen LogP contribution in [-0.4, -0.2) is 106 Å². The maximum absolute atomic E-state index is 13.3. The second-order valence-electron chi connectivity index (χ2n) is 10.6. The molecule has 0 unspecified atom stereocenters. The molecule has 0 radical (unpaired) electrons. The van der Waals surface area contributed by atoms with Crippen LogP contribution in [0.15, 0.2) is 30.3 Å². The van der Waals surface area contributed by atoms with Crippen molar-refractivity contribution in [3.8, 4) is 0 Å². The number of amides is 3. The Kier molecular flexibility index (Phi) is 13.3. The van der Waals surface area contributed by atoms with Gasteiger partial charge >= 0.3 is 12.1 Å². The zero-order chi connectivity index (χ0) is 30.7. The molecule has 0 spiro atoms. The zero-order valence-corrected chi connectivity index (χ0v) is 24.7. The number of rotatable bonds is 12. The van der Waals surface area contributed by atoms with Crippen molar-refractivity contribution in [2.24, 2.45) is 0 Å². The third-order valence-electron chi connectivity index (χ3n) is 5.98. The summed E-state index contributed by atoms with van der Waals surface area (Å²) in [6.07, 6.45) is -4.78. The molecule has 3 amide bonds. The van der Waals surface area contributed by atoms with E-state index < -0.39 is 78.8 Å². The fraction of sp³-hybridized carbons (Fsp3) is 0.630. The minimum Gasteiger partial charge on any atom is -0.461 e. The number of ether oxygens (including phenoxy) is 3. The molecule has 13 nitrogen and oxygen atoms in total. The van der Waals surface area contributed by atoms with Crippen LogP contribution in [0.25, 0.3) is 0 Å². The predicted molar refractivity (Wildman–Crippen MR) is 150 cm³/mol. The molecule has 41 heavy (non-hydrogen) atoms. The maximum atomic E-state index is 13.3. The van der Waals surface area contributed by atoms with Crippen LogP contribution in [0.3, 0.4) is 0 Å². The van der Waals surface area contributed by atoms with E-state index in [1.165, 1.54) is 18.7 Å². The minimum absolute atomic E-state index is 0.129. The summed E-state index contributed by atoms with van der Waals surface area (Å²) in [5, 5.41) is 38.4. The first-order valence-corrected chi connectivity index (χ1v) is 14.6. The Balaban J connectivity index is 2.10. The summed E-state index contributed by atoms with van der Waals surface area (Å²) < 4.78 is 15.9. The summed E-state index contributed by atoms with van der Waals surface area (Å²) in [6.45, 7) is 5.71. The second-order valence-corrected chi connectivity index (χ2v) is 11.6. The summed E-state index contributed by atoms with van der Waals surface area (Å²) in [5.74, 6) is -1.54. The van der Waals surface area contributed by atoms with Gasteiger partial charge in [0.1, 0.15) is 48.6 Å². The highest BCUT2D eigenvalue weighted by Crippen LogP contribution is 2.21. The molecule has 1 saturated heterocycles. The van der Waals surface area contributed by atoms with Crippen molar-refractivity contribution < 1.29 is 48.7 Å². The molecule has 1 aliphatic heterocycles. The number of alkyl carbamates (subject to hydrolysis) is 1. The van der Waals surface area contributed by atoms with Gasteiger partial charge < -0.3 is 45.5 Å². The van der Waals surface area contributed by atoms with Gasteiger partial charge in [0.15, 0.2) is 6.29 Å². The minimum atomic E-state index is -1.66. The lowest BCUT2D eigenvalue weighted by Crippen LogP contribution is -2.64. The lowest BCUT2D eigenvalue weighted by Gasteiger charge is -2.40. The third kappa shape index (κ3) is 11.5. The van der Waals surface area contributed by atoms with Crippen molar-refractivity contribution >= 4 is 35.6 Å². The lowest BCUT2D eigenvalue weighted by atomic mass is 9.97. The fourth-order valence-corrected chi connectivity index (χ4v) is 4.48. The summed E-state index contributed by atoms with van der Waals surface area (Å²) >= 11 is 1.44. The fourth-order valence-electron chi connectivity index (χ4n) is 4.01. The monoisotopic (exact) mass is 599 g/mol. The van der Waals surface area contributed by atoms with Crippen molar-refractivity contribution in [3.05, 3.63) is 35.9 Å². The van der Waals surface area contributed by atoms with Gasteiger partial charge in [0.25, 0.3) is 0 Å². The van der Waals surface area contributed by atoms with Crippen LogP contribution in [-0.2, 0) is 35.0 Å². The molecule has 2 rings (SSSR count). The first-order valence-electron chi connectivity index (χ1n) is 13.2. The highest BCUT2D eigenvalue weighted by Gasteiger charge is 2.45. The molecule has 1 heterocycles. The van der Waals surface area contributed by atoms with E-state index in [2.05, 4.69) is 16.0 Å². The van der Waals surface area contributed by atoms with Crippen molar-refractivity contribution in [2.45, 2.75) is 88.9 Å². The molecule has 1 aromatic carbocycles. The average molecular weight is 600 g/mol. The molecule has 0 aromatic heterocycles. The van der Waals surface area contributed by atoms with Gasteiger partial charge in [0.05, 0.1) is 0 Å². The van der Waals surface area contributed by atoms with Crippen LogP contribution < -0.4 is 16.0 Å². The number of benzene rings is 1. The summed E-state index contributed by atoms with van der Waals surface area (Å²) in [6, 6.07) is 5.54. The normalized spacial score (nSPS) is 24.0. The molecule has 0 saturated carbocycles. The number of nitrogens with one attached hydrogen (secondary N) is 3. The first-order chi connectivity index (χ1) is 19.2. The number of aliphatic hydroxyl groups is 3. The van der Waals surface area contributed by atoms with E-state index in [9.17, 15) is 34.5 Å². The van der Waals surface area contributed by atoms with Gasteiger partial charge in [0.2, 0.25) is 11.8 Å². The molecule has 1 aliphatic rings. The smallest absolute Gasteiger partial charge is 0.408 e. The van der Waals surface area contributed by atoms with E-state index in [-0.39, 0.29) is 12.8 Å². The topological polar surface area (TPSA) is 193 Å². The number of carbonyl (C=O) groups is 4. The van der Waals surface area contributed by atoms with E-state index in [0.29, 0.717) is 5.75 Å². The standard InChI is InChI=1S/C27H41N3O10S/c1-15(31)28-20-22(33)21(32)19(39-25(20)36)14-38-24(35)17(11-12-41-5)29-23(34)18(13-16-9-7-6-8-10-16)30-26(37)40-27(2,3)4/h6-10,17-22,25,32-33,36H,11-14H2,1-5H3,(H,28,31)(H,29,34)(H,30,37)/t17-,18-,19+,20+,21+,22+,25-/m0/s1. The molecule has 0 bridgehead atoms. The van der Waals surface area contributed by atoms with Crippen LogP contribution in [0.5, 0.6) is 0 Å². The van der Waals surface area contributed by atoms with Gasteiger partial charge in [-0.05, 0) is 44.8 Å². The Morgan fingerprint density at radius 3 is 2.27 bits per heavy atom. The highest BCUT2D eigenvalue weighted by molar-refractivity contribution is 7.98. The van der Waals surface area contributed by atoms with E-state index in [1.54, 1.807) is 45.0 Å². The Morgan fingerprint density at radius 2 is 1.68 bits per heavy atom. The molecule has 1 aromatic rings. The van der Waals surface area contributed by atoms with Crippen LogP contribution in [0.4, 0.5) is 4.79 Å².